The van der Waals surface area contributed by atoms with Crippen molar-refractivity contribution in [3.05, 3.63) is 35.9 Å². The van der Waals surface area contributed by atoms with Crippen LogP contribution in [0.25, 0.3) is 0 Å². The molecule has 1 unspecified atom stereocenters. The number of hydrogen-bond donors (Lipinski definition) is 3. The summed E-state index contributed by atoms with van der Waals surface area (Å²) < 4.78 is 0. The van der Waals surface area contributed by atoms with E-state index in [0.29, 0.717) is 12.8 Å². The molecular formula is C15H21NO2S. The van der Waals surface area contributed by atoms with Crippen molar-refractivity contribution in [3.8, 4) is 0 Å². The van der Waals surface area contributed by atoms with E-state index in [2.05, 4.69) is 17.9 Å². The van der Waals surface area contributed by atoms with Gasteiger partial charge < -0.3 is 10.4 Å². The molecule has 1 aliphatic rings. The lowest BCUT2D eigenvalue weighted by atomic mass is 10.0. The molecule has 0 spiro atoms. The maximum absolute atomic E-state index is 12.0. The van der Waals surface area contributed by atoms with E-state index >= 15 is 0 Å². The summed E-state index contributed by atoms with van der Waals surface area (Å²) in [6, 6.07) is 9.69. The van der Waals surface area contributed by atoms with Gasteiger partial charge in [0.25, 0.3) is 0 Å². The van der Waals surface area contributed by atoms with Gasteiger partial charge in [-0.25, -0.2) is 0 Å². The van der Waals surface area contributed by atoms with Crippen LogP contribution in [0.1, 0.15) is 24.8 Å². The number of aliphatic hydroxyl groups excluding tert-OH is 1. The zero-order valence-corrected chi connectivity index (χ0v) is 11.9. The van der Waals surface area contributed by atoms with Crippen LogP contribution < -0.4 is 5.32 Å². The van der Waals surface area contributed by atoms with Crippen molar-refractivity contribution in [2.24, 2.45) is 5.41 Å². The molecule has 0 aliphatic heterocycles. The summed E-state index contributed by atoms with van der Waals surface area (Å²) in [4.78, 5) is 12.0. The first-order valence-corrected chi connectivity index (χ1v) is 7.36. The summed E-state index contributed by atoms with van der Waals surface area (Å²) in [6.45, 7) is -0.0332. The zero-order valence-electron chi connectivity index (χ0n) is 11.0. The summed E-state index contributed by atoms with van der Waals surface area (Å²) in [6.07, 6.45) is 3.37. The maximum atomic E-state index is 12.0. The van der Waals surface area contributed by atoms with Gasteiger partial charge in [0.15, 0.2) is 0 Å². The predicted octanol–water partition coefficient (Wildman–Crippen LogP) is 1.81. The smallest absolute Gasteiger partial charge is 0.220 e. The highest BCUT2D eigenvalue weighted by molar-refractivity contribution is 7.80. The highest BCUT2D eigenvalue weighted by Gasteiger charge is 2.43. The molecule has 19 heavy (non-hydrogen) atoms. The Hall–Kier alpha value is -1.00. The van der Waals surface area contributed by atoms with Crippen LogP contribution in [0, 0.1) is 5.41 Å². The normalized spacial score (nSPS) is 17.8. The van der Waals surface area contributed by atoms with Crippen LogP contribution >= 0.6 is 12.6 Å². The van der Waals surface area contributed by atoms with Crippen LogP contribution in [-0.2, 0) is 11.2 Å². The molecule has 1 aromatic rings. The number of thiol groups is 1. The Morgan fingerprint density at radius 3 is 2.58 bits per heavy atom. The largest absolute Gasteiger partial charge is 0.394 e. The molecule has 1 aliphatic carbocycles. The van der Waals surface area contributed by atoms with Crippen LogP contribution in [0.15, 0.2) is 30.3 Å². The number of carbonyl (C=O) groups excluding carboxylic acids is 1. The minimum absolute atomic E-state index is 0.0292. The maximum Gasteiger partial charge on any atom is 0.220 e. The van der Waals surface area contributed by atoms with Crippen LogP contribution in [0.4, 0.5) is 0 Å². The van der Waals surface area contributed by atoms with Gasteiger partial charge in [0.05, 0.1) is 12.6 Å². The van der Waals surface area contributed by atoms with Gasteiger partial charge >= 0.3 is 0 Å². The van der Waals surface area contributed by atoms with Crippen molar-refractivity contribution in [1.82, 2.24) is 5.32 Å². The third kappa shape index (κ3) is 4.25. The van der Waals surface area contributed by atoms with Crippen LogP contribution in [0.3, 0.4) is 0 Å². The Balaban J connectivity index is 1.83. The Morgan fingerprint density at radius 2 is 2.05 bits per heavy atom. The standard InChI is InChI=1S/C15H21NO2S/c17-10-13(8-12-4-2-1-3-5-12)16-14(18)9-15(11-19)6-7-15/h1-5,13,17,19H,6-11H2,(H,16,18). The van der Waals surface area contributed by atoms with Gasteiger partial charge in [0.1, 0.15) is 0 Å². The lowest BCUT2D eigenvalue weighted by Gasteiger charge is -2.18. The number of carbonyl (C=O) groups is 1. The first-order chi connectivity index (χ1) is 9.17. The summed E-state index contributed by atoms with van der Waals surface area (Å²) in [5.74, 6) is 0.796. The van der Waals surface area contributed by atoms with Gasteiger partial charge in [-0.3, -0.25) is 4.79 Å². The zero-order chi connectivity index (χ0) is 13.7. The molecule has 1 saturated carbocycles. The molecule has 3 nitrogen and oxygen atoms in total. The fourth-order valence-corrected chi connectivity index (χ4v) is 2.67. The second kappa shape index (κ2) is 6.44. The minimum Gasteiger partial charge on any atom is -0.394 e. The van der Waals surface area contributed by atoms with E-state index in [1.807, 2.05) is 30.3 Å². The molecule has 0 aromatic heterocycles. The van der Waals surface area contributed by atoms with Gasteiger partial charge in [-0.1, -0.05) is 30.3 Å². The van der Waals surface area contributed by atoms with Crippen molar-refractivity contribution in [2.45, 2.75) is 31.7 Å². The average Bonchev–Trinajstić information content (AvgIpc) is 3.19. The Morgan fingerprint density at radius 1 is 1.37 bits per heavy atom. The number of aliphatic hydroxyl groups is 1. The molecule has 1 amide bonds. The van der Waals surface area contributed by atoms with E-state index in [9.17, 15) is 9.90 Å². The quantitative estimate of drug-likeness (QED) is 0.667. The molecule has 1 aromatic carbocycles. The van der Waals surface area contributed by atoms with Gasteiger partial charge in [0, 0.05) is 6.42 Å². The fourth-order valence-electron chi connectivity index (χ4n) is 2.25. The van der Waals surface area contributed by atoms with Crippen LogP contribution in [0.5, 0.6) is 0 Å². The second-order valence-electron chi connectivity index (χ2n) is 5.47. The number of hydrogen-bond acceptors (Lipinski definition) is 3. The van der Waals surface area contributed by atoms with Gasteiger partial charge in [-0.15, -0.1) is 0 Å². The van der Waals surface area contributed by atoms with E-state index < -0.39 is 0 Å². The highest BCUT2D eigenvalue weighted by Crippen LogP contribution is 2.49. The molecular weight excluding hydrogens is 258 g/mol. The lowest BCUT2D eigenvalue weighted by Crippen LogP contribution is -2.40. The molecule has 0 bridgehead atoms. The van der Waals surface area contributed by atoms with Gasteiger partial charge in [0.2, 0.25) is 5.91 Å². The van der Waals surface area contributed by atoms with E-state index in [4.69, 9.17) is 0 Å². The van der Waals surface area contributed by atoms with Gasteiger partial charge in [-0.05, 0) is 36.0 Å². The van der Waals surface area contributed by atoms with E-state index in [1.165, 1.54) is 0 Å². The fraction of sp³-hybridized carbons (Fsp3) is 0.533. The number of nitrogens with one attached hydrogen (secondary N) is 1. The summed E-state index contributed by atoms with van der Waals surface area (Å²) >= 11 is 4.30. The van der Waals surface area contributed by atoms with E-state index in [-0.39, 0.29) is 24.0 Å². The third-order valence-electron chi connectivity index (χ3n) is 3.74. The predicted molar refractivity (Wildman–Crippen MR) is 79.3 cm³/mol. The molecule has 104 valence electrons. The highest BCUT2D eigenvalue weighted by atomic mass is 32.1. The molecule has 1 fully saturated rings. The van der Waals surface area contributed by atoms with E-state index in [1.54, 1.807) is 0 Å². The molecule has 0 heterocycles. The molecule has 0 saturated heterocycles. The molecule has 4 heteroatoms. The van der Waals surface area contributed by atoms with Gasteiger partial charge in [-0.2, -0.15) is 12.6 Å². The Labute approximate surface area is 119 Å². The van der Waals surface area contributed by atoms with Crippen molar-refractivity contribution >= 4 is 18.5 Å². The first-order valence-electron chi connectivity index (χ1n) is 6.72. The SMILES string of the molecule is O=C(CC1(CS)CC1)NC(CO)Cc1ccccc1. The number of benzene rings is 1. The van der Waals surface area contributed by atoms with Crippen molar-refractivity contribution in [1.29, 1.82) is 0 Å². The molecule has 0 radical (unpaired) electrons. The third-order valence-corrected chi connectivity index (χ3v) is 4.41. The second-order valence-corrected chi connectivity index (χ2v) is 5.79. The van der Waals surface area contributed by atoms with Crippen molar-refractivity contribution < 1.29 is 9.90 Å². The van der Waals surface area contributed by atoms with Crippen molar-refractivity contribution in [2.75, 3.05) is 12.4 Å². The lowest BCUT2D eigenvalue weighted by molar-refractivity contribution is -0.123. The summed E-state index contributed by atoms with van der Waals surface area (Å²) in [5, 5.41) is 12.3. The number of rotatable bonds is 7. The summed E-state index contributed by atoms with van der Waals surface area (Å²) in [7, 11) is 0. The number of amides is 1. The van der Waals surface area contributed by atoms with Crippen molar-refractivity contribution in [3.63, 3.8) is 0 Å². The monoisotopic (exact) mass is 279 g/mol. The molecule has 2 N–H and O–H groups in total. The average molecular weight is 279 g/mol. The summed E-state index contributed by atoms with van der Waals surface area (Å²) in [5.41, 5.74) is 1.25. The first kappa shape index (κ1) is 14.4. The Bertz CT molecular complexity index is 417. The minimum atomic E-state index is -0.203. The Kier molecular flexibility index (Phi) is 4.88. The molecule has 1 atom stereocenters. The molecule has 2 rings (SSSR count). The van der Waals surface area contributed by atoms with Crippen LogP contribution in [0.2, 0.25) is 0 Å². The van der Waals surface area contributed by atoms with E-state index in [0.717, 1.165) is 24.2 Å². The topological polar surface area (TPSA) is 49.3 Å². The van der Waals surface area contributed by atoms with Crippen LogP contribution in [-0.4, -0.2) is 29.4 Å².